The predicted octanol–water partition coefficient (Wildman–Crippen LogP) is 2.39. The monoisotopic (exact) mass is 352 g/mol. The number of benzene rings is 1. The Hall–Kier alpha value is -2.19. The molecule has 24 heavy (non-hydrogen) atoms. The average Bonchev–Trinajstić information content (AvgIpc) is 2.53. The molecular weight excluding hydrogens is 331 g/mol. The molecule has 0 saturated carbocycles. The third-order valence-electron chi connectivity index (χ3n) is 3.24. The minimum Gasteiger partial charge on any atom is -0.384 e. The average molecular weight is 352 g/mol. The van der Waals surface area contributed by atoms with E-state index in [1.165, 1.54) is 12.1 Å². The van der Waals surface area contributed by atoms with Gasteiger partial charge in [-0.2, -0.15) is 0 Å². The number of hydrogen-bond acceptors (Lipinski definition) is 5. The summed E-state index contributed by atoms with van der Waals surface area (Å²) in [6.07, 6.45) is 2.56. The van der Waals surface area contributed by atoms with Crippen LogP contribution in [0.25, 0.3) is 0 Å². The highest BCUT2D eigenvalue weighted by atomic mass is 32.2. The number of hydrogen-bond donors (Lipinski definition) is 2. The second-order valence-corrected chi connectivity index (χ2v) is 7.26. The lowest BCUT2D eigenvalue weighted by molar-refractivity contribution is 0.405. The Morgan fingerprint density at radius 2 is 1.83 bits per heavy atom. The summed E-state index contributed by atoms with van der Waals surface area (Å²) in [6.45, 7) is 1.79. The molecule has 0 amide bonds. The van der Waals surface area contributed by atoms with Gasteiger partial charge in [-0.3, -0.25) is 4.72 Å². The van der Waals surface area contributed by atoms with Crippen LogP contribution in [0.2, 0.25) is 0 Å². The van der Waals surface area contributed by atoms with E-state index in [2.05, 4.69) is 19.9 Å². The Kier molecular flexibility index (Phi) is 6.10. The Labute approximate surface area is 141 Å². The van der Waals surface area contributed by atoms with Crippen LogP contribution < -0.4 is 10.0 Å². The van der Waals surface area contributed by atoms with Crippen LogP contribution in [-0.4, -0.2) is 45.5 Å². The van der Waals surface area contributed by atoms with Crippen LogP contribution in [0.5, 0.6) is 0 Å². The van der Waals surface area contributed by atoms with Gasteiger partial charge in [0, 0.05) is 6.54 Å². The van der Waals surface area contributed by atoms with Gasteiger partial charge in [-0.05, 0) is 63.5 Å². The van der Waals surface area contributed by atoms with Crippen molar-refractivity contribution < 1.29 is 12.8 Å². The zero-order chi connectivity index (χ0) is 17.6. The molecule has 0 aliphatic carbocycles. The summed E-state index contributed by atoms with van der Waals surface area (Å²) in [5.74, 6) is -0.282. The van der Waals surface area contributed by atoms with E-state index in [0.29, 0.717) is 0 Å². The predicted molar refractivity (Wildman–Crippen MR) is 93.1 cm³/mol. The van der Waals surface area contributed by atoms with Crippen molar-refractivity contribution in [2.24, 2.45) is 0 Å². The normalized spacial score (nSPS) is 11.5. The van der Waals surface area contributed by atoms with E-state index in [1.54, 1.807) is 18.3 Å². The molecule has 0 bridgehead atoms. The molecule has 0 aliphatic rings. The van der Waals surface area contributed by atoms with Gasteiger partial charge < -0.3 is 10.2 Å². The molecular formula is C16H21FN4O2S. The fourth-order valence-electron chi connectivity index (χ4n) is 2.00. The Morgan fingerprint density at radius 3 is 2.42 bits per heavy atom. The fraction of sp³-hybridized carbons (Fsp3) is 0.312. The lowest BCUT2D eigenvalue weighted by atomic mass is 10.3. The molecule has 0 unspecified atom stereocenters. The van der Waals surface area contributed by atoms with Crippen molar-refractivity contribution in [1.29, 1.82) is 0 Å². The van der Waals surface area contributed by atoms with Gasteiger partial charge in [0.1, 0.15) is 11.6 Å². The van der Waals surface area contributed by atoms with Crippen LogP contribution in [0.1, 0.15) is 6.42 Å². The van der Waals surface area contributed by atoms with Crippen LogP contribution in [0.15, 0.2) is 47.5 Å². The number of aromatic nitrogens is 1. The molecule has 1 aromatic heterocycles. The van der Waals surface area contributed by atoms with Crippen molar-refractivity contribution in [2.75, 3.05) is 37.2 Å². The molecule has 0 aliphatic heterocycles. The largest absolute Gasteiger partial charge is 0.384 e. The topological polar surface area (TPSA) is 74.3 Å². The fourth-order valence-corrected chi connectivity index (χ4v) is 3.01. The summed E-state index contributed by atoms with van der Waals surface area (Å²) in [7, 11) is 0.256. The summed E-state index contributed by atoms with van der Waals surface area (Å²) in [5.41, 5.74) is 0.818. The van der Waals surface area contributed by atoms with E-state index in [4.69, 9.17) is 0 Å². The molecule has 130 valence electrons. The lowest BCUT2D eigenvalue weighted by Crippen LogP contribution is -2.16. The minimum absolute atomic E-state index is 0.0170. The van der Waals surface area contributed by atoms with Gasteiger partial charge in [0.25, 0.3) is 10.0 Å². The first kappa shape index (κ1) is 18.2. The van der Waals surface area contributed by atoms with Gasteiger partial charge in [-0.1, -0.05) is 0 Å². The third kappa shape index (κ3) is 5.47. The maximum atomic E-state index is 12.9. The maximum absolute atomic E-state index is 12.9. The van der Waals surface area contributed by atoms with E-state index in [9.17, 15) is 12.8 Å². The summed E-state index contributed by atoms with van der Waals surface area (Å²) in [4.78, 5) is 6.17. The van der Waals surface area contributed by atoms with Crippen molar-refractivity contribution in [3.05, 3.63) is 48.4 Å². The molecule has 1 aromatic carbocycles. The molecule has 8 heteroatoms. The molecule has 2 aromatic rings. The van der Waals surface area contributed by atoms with Crippen molar-refractivity contribution in [1.82, 2.24) is 9.88 Å². The zero-order valence-corrected chi connectivity index (χ0v) is 14.5. The second kappa shape index (κ2) is 8.07. The highest BCUT2D eigenvalue weighted by molar-refractivity contribution is 7.92. The summed E-state index contributed by atoms with van der Waals surface area (Å²) in [6, 6.07) is 7.95. The molecule has 6 nitrogen and oxygen atoms in total. The molecule has 2 rings (SSSR count). The van der Waals surface area contributed by atoms with Gasteiger partial charge >= 0.3 is 0 Å². The van der Waals surface area contributed by atoms with Crippen LogP contribution in [0.4, 0.5) is 15.9 Å². The number of nitrogens with one attached hydrogen (secondary N) is 2. The van der Waals surface area contributed by atoms with E-state index < -0.39 is 15.8 Å². The molecule has 0 saturated heterocycles. The van der Waals surface area contributed by atoms with Crippen LogP contribution >= 0.6 is 0 Å². The van der Waals surface area contributed by atoms with Gasteiger partial charge in [0.15, 0.2) is 0 Å². The van der Waals surface area contributed by atoms with Crippen LogP contribution in [0.3, 0.4) is 0 Å². The summed E-state index contributed by atoms with van der Waals surface area (Å²) < 4.78 is 39.6. The maximum Gasteiger partial charge on any atom is 0.263 e. The Balaban J connectivity index is 1.94. The smallest absolute Gasteiger partial charge is 0.263 e. The third-order valence-corrected chi connectivity index (χ3v) is 4.61. The second-order valence-electron chi connectivity index (χ2n) is 5.58. The minimum atomic E-state index is -3.78. The van der Waals surface area contributed by atoms with Crippen molar-refractivity contribution in [2.45, 2.75) is 11.3 Å². The Bertz CT molecular complexity index is 747. The molecule has 0 fully saturated rings. The lowest BCUT2D eigenvalue weighted by Gasteiger charge is -2.11. The first-order valence-corrected chi connectivity index (χ1v) is 8.98. The van der Waals surface area contributed by atoms with E-state index >= 15 is 0 Å². The van der Waals surface area contributed by atoms with E-state index in [-0.39, 0.29) is 10.7 Å². The van der Waals surface area contributed by atoms with Crippen molar-refractivity contribution in [3.63, 3.8) is 0 Å². The standard InChI is InChI=1S/C16H21FN4O2S/c1-21(2)11-3-10-18-14-6-9-16(19-12-14)20-24(22,23)15-7-4-13(17)5-8-15/h4-9,12,18H,3,10-11H2,1-2H3,(H,19,20). The number of halogens is 1. The van der Waals surface area contributed by atoms with Gasteiger partial charge in [0.05, 0.1) is 16.8 Å². The number of pyridine rings is 1. The Morgan fingerprint density at radius 1 is 1.12 bits per heavy atom. The molecule has 1 heterocycles. The molecule has 0 spiro atoms. The summed E-state index contributed by atoms with van der Waals surface area (Å²) in [5, 5.41) is 3.22. The first-order chi connectivity index (χ1) is 11.4. The van der Waals surface area contributed by atoms with Gasteiger partial charge in [-0.25, -0.2) is 17.8 Å². The quantitative estimate of drug-likeness (QED) is 0.714. The molecule has 2 N–H and O–H groups in total. The highest BCUT2D eigenvalue weighted by Crippen LogP contribution is 2.16. The molecule has 0 atom stereocenters. The summed E-state index contributed by atoms with van der Waals surface area (Å²) >= 11 is 0. The number of rotatable bonds is 8. The van der Waals surface area contributed by atoms with Gasteiger partial charge in [-0.15, -0.1) is 0 Å². The van der Waals surface area contributed by atoms with Gasteiger partial charge in [0.2, 0.25) is 0 Å². The van der Waals surface area contributed by atoms with Crippen molar-refractivity contribution in [3.8, 4) is 0 Å². The zero-order valence-electron chi connectivity index (χ0n) is 13.7. The van der Waals surface area contributed by atoms with Crippen LogP contribution in [0, 0.1) is 5.82 Å². The highest BCUT2D eigenvalue weighted by Gasteiger charge is 2.14. The number of nitrogens with zero attached hydrogens (tertiary/aromatic N) is 2. The van der Waals surface area contributed by atoms with Crippen molar-refractivity contribution >= 4 is 21.5 Å². The van der Waals surface area contributed by atoms with E-state index in [1.807, 2.05) is 14.1 Å². The van der Waals surface area contributed by atoms with Crippen LogP contribution in [-0.2, 0) is 10.0 Å². The number of sulfonamides is 1. The molecule has 0 radical (unpaired) electrons. The number of anilines is 2. The first-order valence-electron chi connectivity index (χ1n) is 7.50. The van der Waals surface area contributed by atoms with E-state index in [0.717, 1.165) is 37.3 Å². The SMILES string of the molecule is CN(C)CCCNc1ccc(NS(=O)(=O)c2ccc(F)cc2)nc1.